The predicted molar refractivity (Wildman–Crippen MR) is 109 cm³/mol. The Kier molecular flexibility index (Phi) is 5.74. The molecule has 162 valence electrons. The summed E-state index contributed by atoms with van der Waals surface area (Å²) in [7, 11) is 0. The average Bonchev–Trinajstić information content (AvgIpc) is 2.63. The molecule has 0 saturated carbocycles. The standard InChI is InChI=1S/C19H24ClN5O5/c1-8-6-25-14-11(23-13(9(2)21)15(27)12(14)20)5-19(4,16(25)10(3)30-8)17(28)24-18(29)22-7-26/h7-8,10,16,21,27H,5-6H2,1-4H3,(H2,22,24,26,28,29)/t8-,10+,16?,19?/m1/s1. The second-order valence-electron chi connectivity index (χ2n) is 7.93. The van der Waals surface area contributed by atoms with E-state index in [1.807, 2.05) is 24.1 Å². The molecule has 4 N–H and O–H groups in total. The second-order valence-corrected chi connectivity index (χ2v) is 8.31. The largest absolute Gasteiger partial charge is 0.504 e. The molecule has 3 rings (SSSR count). The molecule has 0 aliphatic carbocycles. The van der Waals surface area contributed by atoms with Crippen LogP contribution in [0.1, 0.15) is 39.1 Å². The van der Waals surface area contributed by atoms with Crippen LogP contribution in [0.25, 0.3) is 0 Å². The summed E-state index contributed by atoms with van der Waals surface area (Å²) in [6, 6.07) is -1.45. The van der Waals surface area contributed by atoms with E-state index in [2.05, 4.69) is 10.3 Å². The zero-order valence-electron chi connectivity index (χ0n) is 17.1. The summed E-state index contributed by atoms with van der Waals surface area (Å²) >= 11 is 6.50. The van der Waals surface area contributed by atoms with Gasteiger partial charge in [-0.25, -0.2) is 9.78 Å². The van der Waals surface area contributed by atoms with Crippen LogP contribution in [0.2, 0.25) is 5.02 Å². The van der Waals surface area contributed by atoms with E-state index in [1.54, 1.807) is 6.92 Å². The van der Waals surface area contributed by atoms with Gasteiger partial charge in [-0.1, -0.05) is 11.6 Å². The van der Waals surface area contributed by atoms with Gasteiger partial charge in [-0.15, -0.1) is 0 Å². The molecule has 0 radical (unpaired) electrons. The number of pyridine rings is 1. The summed E-state index contributed by atoms with van der Waals surface area (Å²) < 4.78 is 5.96. The van der Waals surface area contributed by atoms with Gasteiger partial charge >= 0.3 is 6.03 Å². The van der Waals surface area contributed by atoms with Gasteiger partial charge in [0.15, 0.2) is 5.75 Å². The van der Waals surface area contributed by atoms with E-state index in [0.717, 1.165) is 0 Å². The molecule has 1 aromatic heterocycles. The third-order valence-corrected chi connectivity index (χ3v) is 5.97. The van der Waals surface area contributed by atoms with Gasteiger partial charge in [-0.05, 0) is 27.7 Å². The summed E-state index contributed by atoms with van der Waals surface area (Å²) in [6.45, 7) is 7.26. The number of aromatic nitrogens is 1. The Hall–Kier alpha value is -2.72. The van der Waals surface area contributed by atoms with Gasteiger partial charge in [0.05, 0.1) is 40.8 Å². The molecule has 10 nitrogen and oxygen atoms in total. The third-order valence-electron chi connectivity index (χ3n) is 5.61. The van der Waals surface area contributed by atoms with Crippen molar-refractivity contribution in [2.45, 2.75) is 52.4 Å². The SMILES string of the molecule is CC(=N)c1nc2c(c(Cl)c1O)N1C[C@@H](C)O[C@@H](C)C1C(C)(C(=O)NC(=O)NC=O)C2. The van der Waals surface area contributed by atoms with Gasteiger partial charge in [0.25, 0.3) is 0 Å². The molecule has 3 heterocycles. The smallest absolute Gasteiger partial charge is 0.327 e. The zero-order valence-corrected chi connectivity index (χ0v) is 17.8. The molecule has 11 heteroatoms. The van der Waals surface area contributed by atoms with Gasteiger partial charge in [-0.2, -0.15) is 0 Å². The molecule has 0 spiro atoms. The van der Waals surface area contributed by atoms with E-state index in [1.165, 1.54) is 6.92 Å². The number of nitrogens with one attached hydrogen (secondary N) is 3. The summed E-state index contributed by atoms with van der Waals surface area (Å²) in [6.07, 6.45) is -0.319. The van der Waals surface area contributed by atoms with Gasteiger partial charge in [0, 0.05) is 13.0 Å². The summed E-state index contributed by atoms with van der Waals surface area (Å²) in [4.78, 5) is 41.8. The van der Waals surface area contributed by atoms with Crippen LogP contribution in [-0.2, 0) is 20.7 Å². The Balaban J connectivity index is 2.16. The average molecular weight is 438 g/mol. The van der Waals surface area contributed by atoms with Crippen molar-refractivity contribution < 1.29 is 24.2 Å². The van der Waals surface area contributed by atoms with Crippen molar-refractivity contribution in [3.8, 4) is 5.75 Å². The van der Waals surface area contributed by atoms with Crippen molar-refractivity contribution in [2.75, 3.05) is 11.4 Å². The van der Waals surface area contributed by atoms with E-state index in [4.69, 9.17) is 21.7 Å². The maximum absolute atomic E-state index is 13.1. The first-order valence-electron chi connectivity index (χ1n) is 9.45. The number of ether oxygens (including phenoxy) is 1. The van der Waals surface area contributed by atoms with Crippen molar-refractivity contribution >= 4 is 41.3 Å². The van der Waals surface area contributed by atoms with Crippen molar-refractivity contribution in [3.63, 3.8) is 0 Å². The normalized spacial score (nSPS) is 27.5. The number of halogens is 1. The molecule has 1 saturated heterocycles. The summed E-state index contributed by atoms with van der Waals surface area (Å²) in [5, 5.41) is 22.5. The Morgan fingerprint density at radius 1 is 1.43 bits per heavy atom. The lowest BCUT2D eigenvalue weighted by atomic mass is 9.70. The molecule has 1 aromatic rings. The second kappa shape index (κ2) is 7.84. The third kappa shape index (κ3) is 3.50. The van der Waals surface area contributed by atoms with Gasteiger partial charge in [-0.3, -0.25) is 20.2 Å². The molecule has 2 aliphatic rings. The van der Waals surface area contributed by atoms with Crippen molar-refractivity contribution in [1.82, 2.24) is 15.6 Å². The number of carbonyl (C=O) groups excluding carboxylic acids is 3. The monoisotopic (exact) mass is 437 g/mol. The van der Waals surface area contributed by atoms with E-state index in [-0.39, 0.29) is 41.1 Å². The first-order chi connectivity index (χ1) is 14.0. The molecule has 4 amide bonds. The van der Waals surface area contributed by atoms with Crippen LogP contribution in [0.3, 0.4) is 0 Å². The van der Waals surface area contributed by atoms with Crippen LogP contribution in [0.15, 0.2) is 0 Å². The topological polar surface area (TPSA) is 145 Å². The number of nitrogens with zero attached hydrogens (tertiary/aromatic N) is 2. The quantitative estimate of drug-likeness (QED) is 0.412. The number of aromatic hydroxyl groups is 1. The zero-order chi connectivity index (χ0) is 22.4. The van der Waals surface area contributed by atoms with Crippen LogP contribution in [0.5, 0.6) is 5.75 Å². The summed E-state index contributed by atoms with van der Waals surface area (Å²) in [5.41, 5.74) is -0.181. The summed E-state index contributed by atoms with van der Waals surface area (Å²) in [5.74, 6) is -0.890. The lowest BCUT2D eigenvalue weighted by molar-refractivity contribution is -0.136. The maximum Gasteiger partial charge on any atom is 0.327 e. The fourth-order valence-corrected chi connectivity index (χ4v) is 4.79. The molecular formula is C19H24ClN5O5. The molecule has 30 heavy (non-hydrogen) atoms. The fourth-order valence-electron chi connectivity index (χ4n) is 4.48. The highest BCUT2D eigenvalue weighted by atomic mass is 35.5. The number of fused-ring (bicyclic) bond motifs is 3. The van der Waals surface area contributed by atoms with Crippen LogP contribution >= 0.6 is 11.6 Å². The highest BCUT2D eigenvalue weighted by Gasteiger charge is 2.55. The lowest BCUT2D eigenvalue weighted by Gasteiger charge is -2.54. The predicted octanol–water partition coefficient (Wildman–Crippen LogP) is 1.36. The maximum atomic E-state index is 13.1. The molecule has 0 aromatic carbocycles. The van der Waals surface area contributed by atoms with Crippen LogP contribution in [0.4, 0.5) is 10.5 Å². The van der Waals surface area contributed by atoms with E-state index in [0.29, 0.717) is 17.9 Å². The number of carbonyl (C=O) groups is 3. The minimum atomic E-state index is -1.17. The number of urea groups is 1. The van der Waals surface area contributed by atoms with Crippen LogP contribution < -0.4 is 15.5 Å². The Morgan fingerprint density at radius 3 is 2.70 bits per heavy atom. The number of anilines is 1. The molecule has 0 bridgehead atoms. The Morgan fingerprint density at radius 2 is 2.10 bits per heavy atom. The van der Waals surface area contributed by atoms with Crippen LogP contribution in [0, 0.1) is 10.8 Å². The molecule has 1 fully saturated rings. The highest BCUT2D eigenvalue weighted by Crippen LogP contribution is 2.50. The number of hydrogen-bond acceptors (Lipinski definition) is 8. The van der Waals surface area contributed by atoms with Crippen LogP contribution in [-0.4, -0.2) is 58.9 Å². The van der Waals surface area contributed by atoms with E-state index < -0.39 is 29.5 Å². The van der Waals surface area contributed by atoms with Gasteiger partial charge < -0.3 is 20.2 Å². The number of amides is 4. The minimum Gasteiger partial charge on any atom is -0.504 e. The number of hydrogen-bond donors (Lipinski definition) is 4. The Labute approximate surface area is 178 Å². The highest BCUT2D eigenvalue weighted by molar-refractivity contribution is 6.35. The van der Waals surface area contributed by atoms with E-state index >= 15 is 0 Å². The fraction of sp³-hybridized carbons (Fsp3) is 0.526. The van der Waals surface area contributed by atoms with Gasteiger partial charge in [0.1, 0.15) is 10.7 Å². The molecule has 2 aliphatic heterocycles. The first kappa shape index (κ1) is 22.0. The molecule has 4 atom stereocenters. The van der Waals surface area contributed by atoms with Gasteiger partial charge in [0.2, 0.25) is 12.3 Å². The molecular weight excluding hydrogens is 414 g/mol. The van der Waals surface area contributed by atoms with E-state index in [9.17, 15) is 19.5 Å². The Bertz CT molecular complexity index is 938. The lowest BCUT2D eigenvalue weighted by Crippen LogP contribution is -2.67. The minimum absolute atomic E-state index is 0.0274. The molecule has 2 unspecified atom stereocenters. The van der Waals surface area contributed by atoms with Crippen molar-refractivity contribution in [3.05, 3.63) is 16.4 Å². The number of imide groups is 2. The first-order valence-corrected chi connectivity index (χ1v) is 9.83. The van der Waals surface area contributed by atoms with Crippen molar-refractivity contribution in [1.29, 1.82) is 5.41 Å². The van der Waals surface area contributed by atoms with Crippen molar-refractivity contribution in [2.24, 2.45) is 5.41 Å². The number of morpholine rings is 1. The number of rotatable bonds is 3.